The zero-order valence-corrected chi connectivity index (χ0v) is 9.61. The van der Waals surface area contributed by atoms with E-state index in [9.17, 15) is 0 Å². The molecule has 0 saturated carbocycles. The number of aromatic nitrogens is 3. The van der Waals surface area contributed by atoms with E-state index in [1.807, 2.05) is 13.0 Å². The van der Waals surface area contributed by atoms with Crippen LogP contribution in [0.15, 0.2) is 40.9 Å². The molecular formula is C11H11N3OS. The topological polar surface area (TPSA) is 58.9 Å². The molecule has 0 unspecified atom stereocenters. The van der Waals surface area contributed by atoms with E-state index in [1.165, 1.54) is 11.8 Å². The number of rotatable bonds is 3. The molecule has 0 atom stereocenters. The van der Waals surface area contributed by atoms with Crippen molar-refractivity contribution in [1.29, 1.82) is 0 Å². The van der Waals surface area contributed by atoms with Gasteiger partial charge in [-0.15, -0.1) is 0 Å². The first-order chi connectivity index (χ1) is 7.79. The van der Waals surface area contributed by atoms with E-state index in [1.54, 1.807) is 24.7 Å². The maximum Gasteiger partial charge on any atom is 0.193 e. The summed E-state index contributed by atoms with van der Waals surface area (Å²) in [6.45, 7) is 1.97. The Morgan fingerprint density at radius 3 is 2.62 bits per heavy atom. The summed E-state index contributed by atoms with van der Waals surface area (Å²) in [5.41, 5.74) is 1.83. The average molecular weight is 233 g/mol. The quantitative estimate of drug-likeness (QED) is 0.819. The highest BCUT2D eigenvalue weighted by molar-refractivity contribution is 7.99. The van der Waals surface area contributed by atoms with Crippen LogP contribution < -0.4 is 0 Å². The lowest BCUT2D eigenvalue weighted by Crippen LogP contribution is -1.92. The van der Waals surface area contributed by atoms with Crippen molar-refractivity contribution in [2.45, 2.75) is 23.7 Å². The van der Waals surface area contributed by atoms with Gasteiger partial charge in [-0.3, -0.25) is 0 Å². The van der Waals surface area contributed by atoms with Gasteiger partial charge >= 0.3 is 0 Å². The monoisotopic (exact) mass is 233 g/mol. The number of aryl methyl sites for hydroxylation is 1. The lowest BCUT2D eigenvalue weighted by atomic mass is 10.2. The molecule has 4 nitrogen and oxygen atoms in total. The minimum absolute atomic E-state index is 0.0145. The van der Waals surface area contributed by atoms with Gasteiger partial charge in [0.2, 0.25) is 0 Å². The maximum absolute atomic E-state index is 8.97. The maximum atomic E-state index is 8.97. The Balaban J connectivity index is 2.22. The van der Waals surface area contributed by atoms with E-state index in [0.29, 0.717) is 5.16 Å². The summed E-state index contributed by atoms with van der Waals surface area (Å²) in [6, 6.07) is 3.69. The Labute approximate surface area is 97.8 Å². The lowest BCUT2D eigenvalue weighted by molar-refractivity contribution is 0.281. The number of nitrogens with zero attached hydrogens (tertiary/aromatic N) is 3. The SMILES string of the molecule is Cc1cc(CO)cnc1Sc1ncccn1. The molecule has 2 rings (SSSR count). The summed E-state index contributed by atoms with van der Waals surface area (Å²) in [4.78, 5) is 12.5. The molecule has 0 spiro atoms. The molecule has 2 aromatic heterocycles. The Hall–Kier alpha value is -1.46. The second-order valence-electron chi connectivity index (χ2n) is 3.26. The third-order valence-electron chi connectivity index (χ3n) is 2.00. The van der Waals surface area contributed by atoms with E-state index in [2.05, 4.69) is 15.0 Å². The molecule has 1 N–H and O–H groups in total. The fraction of sp³-hybridized carbons (Fsp3) is 0.182. The van der Waals surface area contributed by atoms with Crippen molar-refractivity contribution in [3.8, 4) is 0 Å². The predicted octanol–water partition coefficient (Wildman–Crippen LogP) is 1.82. The largest absolute Gasteiger partial charge is 0.392 e. The van der Waals surface area contributed by atoms with E-state index >= 15 is 0 Å². The standard InChI is InChI=1S/C11H11N3OS/c1-8-5-9(7-15)6-14-10(8)16-11-12-3-2-4-13-11/h2-6,15H,7H2,1H3. The zero-order chi connectivity index (χ0) is 11.4. The molecular weight excluding hydrogens is 222 g/mol. The van der Waals surface area contributed by atoms with Crippen LogP contribution in [0.4, 0.5) is 0 Å². The van der Waals surface area contributed by atoms with Crippen molar-refractivity contribution in [2.24, 2.45) is 0 Å². The summed E-state index contributed by atoms with van der Waals surface area (Å²) in [5, 5.41) is 10.5. The van der Waals surface area contributed by atoms with Crippen molar-refractivity contribution in [1.82, 2.24) is 15.0 Å². The predicted molar refractivity (Wildman–Crippen MR) is 61.1 cm³/mol. The summed E-state index contributed by atoms with van der Waals surface area (Å²) in [7, 11) is 0. The zero-order valence-electron chi connectivity index (χ0n) is 8.79. The molecule has 0 saturated heterocycles. The van der Waals surface area contributed by atoms with Crippen LogP contribution in [0, 0.1) is 6.92 Å². The molecule has 0 aliphatic rings. The molecule has 0 bridgehead atoms. The number of aliphatic hydroxyl groups is 1. The van der Waals surface area contributed by atoms with Gasteiger partial charge in [-0.05, 0) is 41.9 Å². The second kappa shape index (κ2) is 5.05. The van der Waals surface area contributed by atoms with Gasteiger partial charge in [0.25, 0.3) is 0 Å². The highest BCUT2D eigenvalue weighted by Crippen LogP contribution is 2.25. The molecule has 0 amide bonds. The number of hydrogen-bond acceptors (Lipinski definition) is 5. The van der Waals surface area contributed by atoms with Gasteiger partial charge in [-0.25, -0.2) is 15.0 Å². The molecule has 16 heavy (non-hydrogen) atoms. The fourth-order valence-corrected chi connectivity index (χ4v) is 1.96. The van der Waals surface area contributed by atoms with Gasteiger partial charge in [0.1, 0.15) is 5.03 Å². The van der Waals surface area contributed by atoms with E-state index in [-0.39, 0.29) is 6.61 Å². The first kappa shape index (κ1) is 11.0. The van der Waals surface area contributed by atoms with Crippen LogP contribution >= 0.6 is 11.8 Å². The van der Waals surface area contributed by atoms with Crippen LogP contribution in [0.2, 0.25) is 0 Å². The van der Waals surface area contributed by atoms with Crippen LogP contribution in [-0.2, 0) is 6.61 Å². The highest BCUT2D eigenvalue weighted by atomic mass is 32.2. The summed E-state index contributed by atoms with van der Waals surface area (Å²) < 4.78 is 0. The van der Waals surface area contributed by atoms with Crippen molar-refractivity contribution in [3.05, 3.63) is 41.9 Å². The fourth-order valence-electron chi connectivity index (χ4n) is 1.24. The molecule has 0 radical (unpaired) electrons. The van der Waals surface area contributed by atoms with Crippen molar-refractivity contribution in [2.75, 3.05) is 0 Å². The van der Waals surface area contributed by atoms with Gasteiger partial charge in [0.05, 0.1) is 6.61 Å². The van der Waals surface area contributed by atoms with Crippen LogP contribution in [0.1, 0.15) is 11.1 Å². The molecule has 0 aliphatic heterocycles. The van der Waals surface area contributed by atoms with Crippen molar-refractivity contribution < 1.29 is 5.11 Å². The lowest BCUT2D eigenvalue weighted by Gasteiger charge is -2.04. The molecule has 0 aliphatic carbocycles. The van der Waals surface area contributed by atoms with E-state index in [0.717, 1.165) is 16.2 Å². The Bertz CT molecular complexity index is 476. The third kappa shape index (κ3) is 2.56. The van der Waals surface area contributed by atoms with Gasteiger partial charge < -0.3 is 5.11 Å². The molecule has 0 aromatic carbocycles. The van der Waals surface area contributed by atoms with Crippen molar-refractivity contribution >= 4 is 11.8 Å². The van der Waals surface area contributed by atoms with Crippen molar-refractivity contribution in [3.63, 3.8) is 0 Å². The van der Waals surface area contributed by atoms with Crippen LogP contribution in [0.25, 0.3) is 0 Å². The second-order valence-corrected chi connectivity index (χ2v) is 4.21. The van der Waals surface area contributed by atoms with Gasteiger partial charge in [-0.2, -0.15) is 0 Å². The summed E-state index contributed by atoms with van der Waals surface area (Å²) >= 11 is 1.42. The Morgan fingerprint density at radius 2 is 2.00 bits per heavy atom. The summed E-state index contributed by atoms with van der Waals surface area (Å²) in [5.74, 6) is 0. The molecule has 2 aromatic rings. The minimum Gasteiger partial charge on any atom is -0.392 e. The smallest absolute Gasteiger partial charge is 0.193 e. The van der Waals surface area contributed by atoms with E-state index < -0.39 is 0 Å². The average Bonchev–Trinajstić information content (AvgIpc) is 2.33. The van der Waals surface area contributed by atoms with E-state index in [4.69, 9.17) is 5.11 Å². The normalized spacial score (nSPS) is 10.4. The molecule has 2 heterocycles. The van der Waals surface area contributed by atoms with Gasteiger partial charge in [0, 0.05) is 18.6 Å². The van der Waals surface area contributed by atoms with Crippen LogP contribution in [0.3, 0.4) is 0 Å². The van der Waals surface area contributed by atoms with Gasteiger partial charge in [-0.1, -0.05) is 0 Å². The molecule has 82 valence electrons. The molecule has 0 fully saturated rings. The summed E-state index contributed by atoms with van der Waals surface area (Å²) in [6.07, 6.45) is 5.07. The third-order valence-corrected chi connectivity index (χ3v) is 3.01. The first-order valence-corrected chi connectivity index (χ1v) is 5.62. The minimum atomic E-state index is 0.0145. The van der Waals surface area contributed by atoms with Crippen LogP contribution in [-0.4, -0.2) is 20.1 Å². The highest BCUT2D eigenvalue weighted by Gasteiger charge is 2.05. The first-order valence-electron chi connectivity index (χ1n) is 4.81. The number of pyridine rings is 1. The number of hydrogen-bond donors (Lipinski definition) is 1. The Kier molecular flexibility index (Phi) is 3.48. The van der Waals surface area contributed by atoms with Crippen LogP contribution in [0.5, 0.6) is 0 Å². The molecule has 5 heteroatoms. The number of aliphatic hydroxyl groups excluding tert-OH is 1. The van der Waals surface area contributed by atoms with Gasteiger partial charge in [0.15, 0.2) is 5.16 Å². The Morgan fingerprint density at radius 1 is 1.25 bits per heavy atom.